The van der Waals surface area contributed by atoms with E-state index in [-0.39, 0.29) is 16.4 Å². The van der Waals surface area contributed by atoms with E-state index in [1.807, 2.05) is 0 Å². The number of amides is 1. The molecule has 0 fully saturated rings. The van der Waals surface area contributed by atoms with Crippen molar-refractivity contribution >= 4 is 35.0 Å². The fourth-order valence-corrected chi connectivity index (χ4v) is 1.89. The molecule has 0 aliphatic carbocycles. The molecule has 0 saturated heterocycles. The van der Waals surface area contributed by atoms with Crippen LogP contribution in [0.4, 0.5) is 20.2 Å². The molecule has 2 aromatic carbocycles. The standard InChI is InChI=1S/C15H9ClF2N2O3/c16-11-4-1-9(7-14(11)20(22)23)2-6-15(21)19-10-3-5-12(17)13(18)8-10/h1-8H,(H,19,21)/b6-2+. The van der Waals surface area contributed by atoms with Crippen molar-refractivity contribution in [2.24, 2.45) is 0 Å². The second-order valence-electron chi connectivity index (χ2n) is 4.42. The van der Waals surface area contributed by atoms with Crippen molar-refractivity contribution in [3.63, 3.8) is 0 Å². The molecular weight excluding hydrogens is 330 g/mol. The first-order chi connectivity index (χ1) is 10.9. The predicted octanol–water partition coefficient (Wildman–Crippen LogP) is 4.18. The summed E-state index contributed by atoms with van der Waals surface area (Å²) in [5, 5.41) is 13.1. The Hall–Kier alpha value is -2.80. The zero-order valence-electron chi connectivity index (χ0n) is 11.4. The molecule has 1 N–H and O–H groups in total. The van der Waals surface area contributed by atoms with Gasteiger partial charge in [-0.3, -0.25) is 14.9 Å². The molecule has 2 rings (SSSR count). The monoisotopic (exact) mass is 338 g/mol. The first kappa shape index (κ1) is 16.6. The van der Waals surface area contributed by atoms with Gasteiger partial charge in [-0.2, -0.15) is 0 Å². The first-order valence-corrected chi connectivity index (χ1v) is 6.62. The van der Waals surface area contributed by atoms with E-state index in [1.54, 1.807) is 0 Å². The Balaban J connectivity index is 2.10. The first-order valence-electron chi connectivity index (χ1n) is 6.25. The Kier molecular flexibility index (Phi) is 5.02. The molecule has 2 aromatic rings. The highest BCUT2D eigenvalue weighted by molar-refractivity contribution is 6.32. The number of rotatable bonds is 4. The molecule has 0 spiro atoms. The average Bonchev–Trinajstić information content (AvgIpc) is 2.50. The van der Waals surface area contributed by atoms with E-state index >= 15 is 0 Å². The smallest absolute Gasteiger partial charge is 0.288 e. The van der Waals surface area contributed by atoms with Crippen molar-refractivity contribution in [3.05, 3.63) is 74.8 Å². The van der Waals surface area contributed by atoms with Crippen LogP contribution in [0.25, 0.3) is 6.08 Å². The van der Waals surface area contributed by atoms with E-state index in [1.165, 1.54) is 30.3 Å². The summed E-state index contributed by atoms with van der Waals surface area (Å²) < 4.78 is 25.8. The van der Waals surface area contributed by atoms with Gasteiger partial charge in [0.05, 0.1) is 4.92 Å². The third-order valence-electron chi connectivity index (χ3n) is 2.78. The van der Waals surface area contributed by atoms with Crippen molar-refractivity contribution in [2.75, 3.05) is 5.32 Å². The lowest BCUT2D eigenvalue weighted by Gasteiger charge is -2.02. The number of hydrogen-bond acceptors (Lipinski definition) is 3. The van der Waals surface area contributed by atoms with Crippen LogP contribution in [0.3, 0.4) is 0 Å². The maximum Gasteiger partial charge on any atom is 0.288 e. The topological polar surface area (TPSA) is 72.2 Å². The summed E-state index contributed by atoms with van der Waals surface area (Å²) in [5.74, 6) is -2.71. The van der Waals surface area contributed by atoms with Gasteiger partial charge in [0.1, 0.15) is 5.02 Å². The van der Waals surface area contributed by atoms with Crippen LogP contribution >= 0.6 is 11.6 Å². The maximum absolute atomic E-state index is 13.0. The van der Waals surface area contributed by atoms with Gasteiger partial charge in [-0.15, -0.1) is 0 Å². The van der Waals surface area contributed by atoms with Crippen LogP contribution in [-0.2, 0) is 4.79 Å². The zero-order chi connectivity index (χ0) is 17.0. The Morgan fingerprint density at radius 2 is 1.91 bits per heavy atom. The van der Waals surface area contributed by atoms with Crippen LogP contribution in [0.5, 0.6) is 0 Å². The molecule has 8 heteroatoms. The Labute approximate surface area is 134 Å². The Bertz CT molecular complexity index is 809. The molecule has 1 amide bonds. The van der Waals surface area contributed by atoms with Gasteiger partial charge in [-0.25, -0.2) is 8.78 Å². The maximum atomic E-state index is 13.0. The Morgan fingerprint density at radius 1 is 1.17 bits per heavy atom. The molecule has 0 aromatic heterocycles. The number of nitrogens with zero attached hydrogens (tertiary/aromatic N) is 1. The van der Waals surface area contributed by atoms with Crippen LogP contribution in [0.2, 0.25) is 5.02 Å². The summed E-state index contributed by atoms with van der Waals surface area (Å²) in [6.45, 7) is 0. The quantitative estimate of drug-likeness (QED) is 0.516. The Morgan fingerprint density at radius 3 is 2.57 bits per heavy atom. The molecule has 0 aliphatic heterocycles. The van der Waals surface area contributed by atoms with E-state index < -0.39 is 22.5 Å². The van der Waals surface area contributed by atoms with Gasteiger partial charge in [0.15, 0.2) is 11.6 Å². The number of carbonyl (C=O) groups is 1. The number of halogens is 3. The zero-order valence-corrected chi connectivity index (χ0v) is 12.2. The second-order valence-corrected chi connectivity index (χ2v) is 4.83. The number of carbonyl (C=O) groups excluding carboxylic acids is 1. The number of hydrogen-bond donors (Lipinski definition) is 1. The van der Waals surface area contributed by atoms with Crippen LogP contribution in [-0.4, -0.2) is 10.8 Å². The minimum absolute atomic E-state index is 0.0154. The predicted molar refractivity (Wildman–Crippen MR) is 82.1 cm³/mol. The fraction of sp³-hybridized carbons (Fsp3) is 0. The third kappa shape index (κ3) is 4.33. The van der Waals surface area contributed by atoms with E-state index in [0.29, 0.717) is 5.56 Å². The normalized spacial score (nSPS) is 10.7. The number of nitro benzene ring substituents is 1. The van der Waals surface area contributed by atoms with Crippen molar-refractivity contribution in [2.45, 2.75) is 0 Å². The number of nitrogens with one attached hydrogen (secondary N) is 1. The molecule has 0 unspecified atom stereocenters. The van der Waals surface area contributed by atoms with Gasteiger partial charge in [0.25, 0.3) is 5.69 Å². The highest BCUT2D eigenvalue weighted by Gasteiger charge is 2.11. The molecule has 0 radical (unpaired) electrons. The molecule has 0 aliphatic rings. The van der Waals surface area contributed by atoms with Crippen molar-refractivity contribution < 1.29 is 18.5 Å². The van der Waals surface area contributed by atoms with Crippen LogP contribution in [0.1, 0.15) is 5.56 Å². The minimum atomic E-state index is -1.08. The lowest BCUT2D eigenvalue weighted by molar-refractivity contribution is -0.384. The second kappa shape index (κ2) is 6.97. The molecular formula is C15H9ClF2N2O3. The highest BCUT2D eigenvalue weighted by Crippen LogP contribution is 2.25. The number of benzene rings is 2. The van der Waals surface area contributed by atoms with Gasteiger partial charge in [-0.05, 0) is 29.8 Å². The van der Waals surface area contributed by atoms with Gasteiger partial charge in [0.2, 0.25) is 5.91 Å². The van der Waals surface area contributed by atoms with Crippen molar-refractivity contribution in [3.8, 4) is 0 Å². The third-order valence-corrected chi connectivity index (χ3v) is 3.10. The molecule has 0 saturated carbocycles. The van der Waals surface area contributed by atoms with Gasteiger partial charge in [-0.1, -0.05) is 17.7 Å². The molecule has 118 valence electrons. The summed E-state index contributed by atoms with van der Waals surface area (Å²) >= 11 is 5.68. The SMILES string of the molecule is O=C(/C=C/c1ccc(Cl)c([N+](=O)[O-])c1)Nc1ccc(F)c(F)c1. The van der Waals surface area contributed by atoms with E-state index in [4.69, 9.17) is 11.6 Å². The highest BCUT2D eigenvalue weighted by atomic mass is 35.5. The van der Waals surface area contributed by atoms with Crippen LogP contribution < -0.4 is 5.32 Å². The lowest BCUT2D eigenvalue weighted by Crippen LogP contribution is -2.08. The van der Waals surface area contributed by atoms with E-state index in [0.717, 1.165) is 18.2 Å². The summed E-state index contributed by atoms with van der Waals surface area (Å²) in [4.78, 5) is 21.8. The summed E-state index contributed by atoms with van der Waals surface area (Å²) in [6.07, 6.45) is 2.44. The molecule has 0 heterocycles. The van der Waals surface area contributed by atoms with E-state index in [2.05, 4.69) is 5.32 Å². The molecule has 0 bridgehead atoms. The van der Waals surface area contributed by atoms with Crippen LogP contribution in [0, 0.1) is 21.7 Å². The molecule has 5 nitrogen and oxygen atoms in total. The average molecular weight is 339 g/mol. The summed E-state index contributed by atoms with van der Waals surface area (Å²) in [6, 6.07) is 6.98. The van der Waals surface area contributed by atoms with Gasteiger partial charge in [0, 0.05) is 23.9 Å². The number of nitro groups is 1. The lowest BCUT2D eigenvalue weighted by atomic mass is 10.2. The van der Waals surface area contributed by atoms with Crippen molar-refractivity contribution in [1.29, 1.82) is 0 Å². The fourth-order valence-electron chi connectivity index (χ4n) is 1.70. The van der Waals surface area contributed by atoms with Gasteiger partial charge < -0.3 is 5.32 Å². The minimum Gasteiger partial charge on any atom is -0.322 e. The van der Waals surface area contributed by atoms with Gasteiger partial charge >= 0.3 is 0 Å². The largest absolute Gasteiger partial charge is 0.322 e. The molecule has 23 heavy (non-hydrogen) atoms. The van der Waals surface area contributed by atoms with Crippen LogP contribution in [0.15, 0.2) is 42.5 Å². The summed E-state index contributed by atoms with van der Waals surface area (Å²) in [7, 11) is 0. The molecule has 0 atom stereocenters. The summed E-state index contributed by atoms with van der Waals surface area (Å²) in [5.41, 5.74) is 0.192. The van der Waals surface area contributed by atoms with Crippen molar-refractivity contribution in [1.82, 2.24) is 0 Å². The number of anilines is 1. The van der Waals surface area contributed by atoms with E-state index in [9.17, 15) is 23.7 Å².